The van der Waals surface area contributed by atoms with Crippen LogP contribution in [0.5, 0.6) is 0 Å². The van der Waals surface area contributed by atoms with Crippen LogP contribution in [0, 0.1) is 0 Å². The van der Waals surface area contributed by atoms with Crippen LogP contribution < -0.4 is 10.4 Å². The number of aliphatic imine (C=N–C) groups is 1. The number of hydrogen-bond acceptors (Lipinski definition) is 7. The SMILES string of the molecule is CCOP(=O)(Nc1ccccc1)OC(/N=C(\Nc1ccccc1)P(=O)(OCC)OCC)=C(Cl)Cl. The second-order valence-corrected chi connectivity index (χ2v) is 10.9. The highest BCUT2D eigenvalue weighted by Gasteiger charge is 2.35. The van der Waals surface area contributed by atoms with E-state index < -0.39 is 25.7 Å². The lowest BCUT2D eigenvalue weighted by Gasteiger charge is -2.22. The molecule has 2 N–H and O–H groups in total. The summed E-state index contributed by atoms with van der Waals surface area (Å²) in [6.45, 7) is 5.11. The first-order valence-corrected chi connectivity index (χ1v) is 14.2. The summed E-state index contributed by atoms with van der Waals surface area (Å²) < 4.78 is 48.2. The van der Waals surface area contributed by atoms with Crippen LogP contribution >= 0.6 is 38.5 Å². The summed E-state index contributed by atoms with van der Waals surface area (Å²) >= 11 is 12.0. The van der Waals surface area contributed by atoms with Crippen molar-refractivity contribution in [3.63, 3.8) is 0 Å². The van der Waals surface area contributed by atoms with Gasteiger partial charge in [-0.3, -0.25) is 14.2 Å². The van der Waals surface area contributed by atoms with E-state index >= 15 is 0 Å². The fourth-order valence-electron chi connectivity index (χ4n) is 2.54. The fourth-order valence-corrected chi connectivity index (χ4v) is 5.61. The van der Waals surface area contributed by atoms with Crippen molar-refractivity contribution in [2.75, 3.05) is 30.2 Å². The molecule has 9 nitrogen and oxygen atoms in total. The van der Waals surface area contributed by atoms with E-state index in [1.165, 1.54) is 0 Å². The van der Waals surface area contributed by atoms with E-state index in [0.29, 0.717) is 11.4 Å². The number of hydrogen-bond donors (Lipinski definition) is 2. The lowest BCUT2D eigenvalue weighted by Crippen LogP contribution is -2.17. The number of amidine groups is 1. The van der Waals surface area contributed by atoms with Crippen LogP contribution in [0.15, 0.2) is 76.0 Å². The highest BCUT2D eigenvalue weighted by atomic mass is 35.5. The molecule has 0 saturated carbocycles. The van der Waals surface area contributed by atoms with Crippen LogP contribution in [-0.4, -0.2) is 25.4 Å². The molecular weight excluding hydrogens is 523 g/mol. The molecule has 0 aromatic heterocycles. The van der Waals surface area contributed by atoms with Crippen molar-refractivity contribution < 1.29 is 27.2 Å². The quantitative estimate of drug-likeness (QED) is 0.114. The maximum absolute atomic E-state index is 13.5. The second kappa shape index (κ2) is 13.9. The van der Waals surface area contributed by atoms with Gasteiger partial charge in [0.2, 0.25) is 5.58 Å². The van der Waals surface area contributed by atoms with Gasteiger partial charge in [0.05, 0.1) is 19.8 Å². The monoisotopic (exact) mass is 549 g/mol. The average molecular weight is 550 g/mol. The van der Waals surface area contributed by atoms with Crippen LogP contribution in [-0.2, 0) is 27.2 Å². The molecule has 0 heterocycles. The van der Waals surface area contributed by atoms with Gasteiger partial charge in [0.1, 0.15) is 0 Å². The first-order valence-electron chi connectivity index (χ1n) is 10.4. The summed E-state index contributed by atoms with van der Waals surface area (Å²) in [5.74, 6) is -0.512. The number of anilines is 2. The van der Waals surface area contributed by atoms with Crippen molar-refractivity contribution in [3.05, 3.63) is 71.0 Å². The molecule has 1 unspecified atom stereocenters. The Labute approximate surface area is 209 Å². The lowest BCUT2D eigenvalue weighted by atomic mass is 10.3. The Morgan fingerprint density at radius 1 is 0.824 bits per heavy atom. The first-order chi connectivity index (χ1) is 16.2. The predicted molar refractivity (Wildman–Crippen MR) is 137 cm³/mol. The molecule has 13 heteroatoms. The van der Waals surface area contributed by atoms with Gasteiger partial charge in [-0.05, 0) is 45.0 Å². The molecule has 0 bridgehead atoms. The molecule has 0 fully saturated rings. The van der Waals surface area contributed by atoms with Crippen molar-refractivity contribution in [3.8, 4) is 0 Å². The molecule has 1 atom stereocenters. The van der Waals surface area contributed by atoms with E-state index in [4.69, 9.17) is 41.3 Å². The molecule has 2 aromatic carbocycles. The maximum Gasteiger partial charge on any atom is 0.487 e. The lowest BCUT2D eigenvalue weighted by molar-refractivity contribution is 0.231. The minimum Gasteiger partial charge on any atom is -0.388 e. The Balaban J connectivity index is 2.51. The summed E-state index contributed by atoms with van der Waals surface area (Å²) in [6.07, 6.45) is 0. The summed E-state index contributed by atoms with van der Waals surface area (Å²) in [6, 6.07) is 17.4. The Bertz CT molecular complexity index is 1060. The van der Waals surface area contributed by atoms with Gasteiger partial charge >= 0.3 is 15.3 Å². The van der Waals surface area contributed by atoms with Gasteiger partial charge in [-0.15, -0.1) is 0 Å². The maximum atomic E-state index is 13.5. The molecule has 0 spiro atoms. The first kappa shape index (κ1) is 28.4. The van der Waals surface area contributed by atoms with Gasteiger partial charge in [-0.25, -0.2) is 4.57 Å². The van der Waals surface area contributed by atoms with Gasteiger partial charge in [0.25, 0.3) is 5.88 Å². The number of halogens is 2. The predicted octanol–water partition coefficient (Wildman–Crippen LogP) is 7.60. The van der Waals surface area contributed by atoms with Crippen molar-refractivity contribution in [2.45, 2.75) is 20.8 Å². The number of nitrogens with one attached hydrogen (secondary N) is 2. The van der Waals surface area contributed by atoms with Gasteiger partial charge in [-0.2, -0.15) is 4.99 Å². The van der Waals surface area contributed by atoms with Gasteiger partial charge < -0.3 is 18.9 Å². The fraction of sp³-hybridized carbons (Fsp3) is 0.286. The van der Waals surface area contributed by atoms with Gasteiger partial charge in [-0.1, -0.05) is 59.6 Å². The molecule has 2 aromatic rings. The number of para-hydroxylation sites is 2. The van der Waals surface area contributed by atoms with Crippen molar-refractivity contribution >= 4 is 55.5 Å². The summed E-state index contributed by atoms with van der Waals surface area (Å²) in [5, 5.41) is 5.59. The van der Waals surface area contributed by atoms with Crippen LogP contribution in [0.1, 0.15) is 20.8 Å². The van der Waals surface area contributed by atoms with Gasteiger partial charge in [0, 0.05) is 11.4 Å². The zero-order chi connectivity index (χ0) is 25.0. The molecule has 0 aliphatic carbocycles. The minimum atomic E-state index is -4.06. The molecule has 0 radical (unpaired) electrons. The summed E-state index contributed by atoms with van der Waals surface area (Å²) in [4.78, 5) is 4.18. The minimum absolute atomic E-state index is 0.0412. The van der Waals surface area contributed by atoms with Crippen LogP contribution in [0.4, 0.5) is 11.4 Å². The van der Waals surface area contributed by atoms with Crippen LogP contribution in [0.3, 0.4) is 0 Å². The van der Waals surface area contributed by atoms with Crippen molar-refractivity contribution in [2.24, 2.45) is 4.99 Å². The average Bonchev–Trinajstić information content (AvgIpc) is 2.79. The Hall–Kier alpha value is -1.83. The smallest absolute Gasteiger partial charge is 0.388 e. The van der Waals surface area contributed by atoms with Crippen molar-refractivity contribution in [1.29, 1.82) is 0 Å². The normalized spacial score (nSPS) is 13.6. The number of benzene rings is 2. The van der Waals surface area contributed by atoms with Gasteiger partial charge in [0.15, 0.2) is 4.49 Å². The zero-order valence-corrected chi connectivity index (χ0v) is 22.2. The van der Waals surface area contributed by atoms with E-state index in [1.807, 2.05) is 6.07 Å². The summed E-state index contributed by atoms with van der Waals surface area (Å²) in [5.41, 5.74) is 0.727. The molecule has 0 saturated heterocycles. The molecule has 0 aliphatic rings. The molecule has 2 rings (SSSR count). The molecule has 0 aliphatic heterocycles. The Morgan fingerprint density at radius 3 is 1.79 bits per heavy atom. The largest absolute Gasteiger partial charge is 0.487 e. The Kier molecular flexibility index (Phi) is 11.6. The van der Waals surface area contributed by atoms with E-state index in [9.17, 15) is 9.13 Å². The highest BCUT2D eigenvalue weighted by Crippen LogP contribution is 2.53. The van der Waals surface area contributed by atoms with E-state index in [0.717, 1.165) is 0 Å². The zero-order valence-electron chi connectivity index (χ0n) is 18.9. The molecule has 186 valence electrons. The molecule has 34 heavy (non-hydrogen) atoms. The van der Waals surface area contributed by atoms with Crippen molar-refractivity contribution in [1.82, 2.24) is 0 Å². The standard InChI is InChI=1S/C21H27Cl2N3O6P2/c1-4-29-33(27,30-5-2)21(24-17-13-9-7-10-14-17)25-20(19(22)23)32-34(28,31-6-3)26-18-15-11-8-12-16-18/h7-16H,4-6H2,1-3H3,(H,24,25)(H,26,28). The second-order valence-electron chi connectivity index (χ2n) is 6.31. The topological polar surface area (TPSA) is 107 Å². The van der Waals surface area contributed by atoms with Crippen LogP contribution in [0.2, 0.25) is 0 Å². The molecular formula is C21H27Cl2N3O6P2. The van der Waals surface area contributed by atoms with Crippen LogP contribution in [0.25, 0.3) is 0 Å². The number of rotatable bonds is 13. The van der Waals surface area contributed by atoms with E-state index in [1.54, 1.807) is 75.4 Å². The van der Waals surface area contributed by atoms with E-state index in [2.05, 4.69) is 15.4 Å². The molecule has 0 amide bonds. The third-order valence-electron chi connectivity index (χ3n) is 3.80. The number of nitrogens with zero attached hydrogens (tertiary/aromatic N) is 1. The third kappa shape index (κ3) is 8.75. The Morgan fingerprint density at radius 2 is 1.32 bits per heavy atom. The summed E-state index contributed by atoms with van der Waals surface area (Å²) in [7, 11) is -8.04. The van der Waals surface area contributed by atoms with E-state index in [-0.39, 0.29) is 25.4 Å². The third-order valence-corrected chi connectivity index (χ3v) is 7.60. The highest BCUT2D eigenvalue weighted by molar-refractivity contribution is 7.72.